The number of hydroxylamine groups is 2. The van der Waals surface area contributed by atoms with E-state index in [1.165, 1.54) is 0 Å². The lowest BCUT2D eigenvalue weighted by Crippen LogP contribution is -2.33. The molecule has 0 aromatic heterocycles. The van der Waals surface area contributed by atoms with Crippen LogP contribution in [0.15, 0.2) is 45.6 Å². The van der Waals surface area contributed by atoms with Crippen molar-refractivity contribution in [1.29, 1.82) is 0 Å². The van der Waals surface area contributed by atoms with Gasteiger partial charge in [0.25, 0.3) is 0 Å². The number of halogens is 2. The standard InChI is InChI=1S/C17H15Br2NO4/c1-23-20-3-2-17-7-12(22)11(18)6-14(17)24-13-5-9(8-21)4-10(15(13)17)16(20)19/h2-3,6,8-9,11H,4-5,7H2,1H3/t9-,11-,17-/m0/s1. The summed E-state index contributed by atoms with van der Waals surface area (Å²) in [5, 5.41) is 1.61. The number of aldehydes is 1. The molecule has 0 N–H and O–H groups in total. The van der Waals surface area contributed by atoms with Crippen LogP contribution in [-0.2, 0) is 19.2 Å². The molecule has 4 rings (SSSR count). The molecule has 126 valence electrons. The lowest BCUT2D eigenvalue weighted by atomic mass is 9.67. The van der Waals surface area contributed by atoms with Gasteiger partial charge in [-0.3, -0.25) is 9.63 Å². The first-order chi connectivity index (χ1) is 11.5. The summed E-state index contributed by atoms with van der Waals surface area (Å²) in [4.78, 5) is 28.9. The second-order valence-corrected chi connectivity index (χ2v) is 8.08. The van der Waals surface area contributed by atoms with Gasteiger partial charge in [-0.05, 0) is 40.1 Å². The number of hydrogen-bond acceptors (Lipinski definition) is 5. The molecule has 0 saturated carbocycles. The molecule has 2 heterocycles. The molecule has 2 aliphatic heterocycles. The van der Waals surface area contributed by atoms with Crippen molar-refractivity contribution in [2.75, 3.05) is 7.11 Å². The summed E-state index contributed by atoms with van der Waals surface area (Å²) in [7, 11) is 1.58. The summed E-state index contributed by atoms with van der Waals surface area (Å²) >= 11 is 6.99. The van der Waals surface area contributed by atoms with Gasteiger partial charge in [-0.25, -0.2) is 5.06 Å². The molecule has 0 aromatic carbocycles. The molecule has 2 aliphatic carbocycles. The molecule has 1 spiro atoms. The molecule has 7 heteroatoms. The first-order valence-electron chi connectivity index (χ1n) is 7.67. The molecule has 3 atom stereocenters. The molecule has 5 nitrogen and oxygen atoms in total. The smallest absolute Gasteiger partial charge is 0.152 e. The van der Waals surface area contributed by atoms with Crippen molar-refractivity contribution in [3.8, 4) is 0 Å². The van der Waals surface area contributed by atoms with E-state index in [4.69, 9.17) is 9.57 Å². The molecule has 4 aliphatic rings. The predicted molar refractivity (Wildman–Crippen MR) is 93.7 cm³/mol. The average molecular weight is 457 g/mol. The largest absolute Gasteiger partial charge is 0.465 e. The first-order valence-corrected chi connectivity index (χ1v) is 9.38. The molecule has 0 unspecified atom stereocenters. The zero-order valence-corrected chi connectivity index (χ0v) is 16.1. The number of ether oxygens (including phenoxy) is 1. The number of alkyl halides is 1. The van der Waals surface area contributed by atoms with Crippen LogP contribution in [0.1, 0.15) is 19.3 Å². The van der Waals surface area contributed by atoms with E-state index >= 15 is 0 Å². The molecule has 0 aromatic rings. The minimum atomic E-state index is -0.605. The molecular weight excluding hydrogens is 442 g/mol. The van der Waals surface area contributed by atoms with Gasteiger partial charge < -0.3 is 9.53 Å². The number of hydrogen-bond donors (Lipinski definition) is 0. The molecule has 0 amide bonds. The fourth-order valence-corrected chi connectivity index (χ4v) is 4.93. The van der Waals surface area contributed by atoms with E-state index in [-0.39, 0.29) is 16.5 Å². The zero-order valence-electron chi connectivity index (χ0n) is 12.9. The Labute approximate surface area is 156 Å². The van der Waals surface area contributed by atoms with Crippen LogP contribution in [0.3, 0.4) is 0 Å². The predicted octanol–water partition coefficient (Wildman–Crippen LogP) is 3.48. The monoisotopic (exact) mass is 455 g/mol. The van der Waals surface area contributed by atoms with Crippen molar-refractivity contribution in [1.82, 2.24) is 5.06 Å². The van der Waals surface area contributed by atoms with Crippen LogP contribution in [-0.4, -0.2) is 29.1 Å². The number of ketones is 1. The molecule has 0 bridgehead atoms. The summed E-state index contributed by atoms with van der Waals surface area (Å²) in [5.74, 6) is 1.51. The molecule has 0 fully saturated rings. The average Bonchev–Trinajstić information content (AvgIpc) is 2.81. The van der Waals surface area contributed by atoms with Crippen LogP contribution >= 0.6 is 31.9 Å². The van der Waals surface area contributed by atoms with E-state index in [9.17, 15) is 9.59 Å². The number of nitrogens with zero attached hydrogens (tertiary/aromatic N) is 1. The van der Waals surface area contributed by atoms with Crippen LogP contribution in [0.2, 0.25) is 0 Å². The van der Waals surface area contributed by atoms with E-state index in [1.54, 1.807) is 18.4 Å². The van der Waals surface area contributed by atoms with E-state index in [1.807, 2.05) is 12.2 Å². The van der Waals surface area contributed by atoms with Crippen molar-refractivity contribution in [3.63, 3.8) is 0 Å². The Balaban J connectivity index is 1.97. The van der Waals surface area contributed by atoms with Gasteiger partial charge >= 0.3 is 0 Å². The Morgan fingerprint density at radius 3 is 2.96 bits per heavy atom. The summed E-state index contributed by atoms with van der Waals surface area (Å²) in [6.45, 7) is 0. The number of Topliss-reactive ketones (excluding diaryl/α,β-unsaturated/α-hetero) is 1. The molecule has 24 heavy (non-hydrogen) atoms. The molecule has 0 radical (unpaired) electrons. The van der Waals surface area contributed by atoms with E-state index in [2.05, 4.69) is 31.9 Å². The number of allylic oxidation sites excluding steroid dienone is 4. The van der Waals surface area contributed by atoms with Gasteiger partial charge in [0.15, 0.2) is 5.78 Å². The third kappa shape index (κ3) is 2.14. The van der Waals surface area contributed by atoms with Crippen molar-refractivity contribution < 1.29 is 19.2 Å². The first kappa shape index (κ1) is 16.3. The minimum Gasteiger partial charge on any atom is -0.465 e. The summed E-state index contributed by atoms with van der Waals surface area (Å²) in [5.41, 5.74) is 1.36. The second kappa shape index (κ2) is 5.68. The Morgan fingerprint density at radius 1 is 1.46 bits per heavy atom. The fourth-order valence-electron chi connectivity index (χ4n) is 3.90. The van der Waals surface area contributed by atoms with Gasteiger partial charge in [0.1, 0.15) is 22.4 Å². The van der Waals surface area contributed by atoms with E-state index in [0.717, 1.165) is 33.6 Å². The van der Waals surface area contributed by atoms with E-state index < -0.39 is 5.41 Å². The van der Waals surface area contributed by atoms with Gasteiger partial charge in [0.2, 0.25) is 0 Å². The lowest BCUT2D eigenvalue weighted by molar-refractivity contribution is -0.119. The third-order valence-corrected chi connectivity index (χ3v) is 6.60. The number of rotatable bonds is 2. The van der Waals surface area contributed by atoms with Crippen LogP contribution in [0, 0.1) is 11.3 Å². The summed E-state index contributed by atoms with van der Waals surface area (Å²) in [6, 6.07) is 0. The Hall–Kier alpha value is -1.18. The van der Waals surface area contributed by atoms with Crippen molar-refractivity contribution >= 4 is 43.9 Å². The van der Waals surface area contributed by atoms with Gasteiger partial charge in [-0.1, -0.05) is 15.9 Å². The SMILES string of the molecule is CON1C=C[C@]23CC(=O)[C@@H](Br)C=C2OC2=C3C(=C1Br)C[C@H](C=O)C2. The highest BCUT2D eigenvalue weighted by Crippen LogP contribution is 2.60. The maximum absolute atomic E-state index is 12.4. The highest BCUT2D eigenvalue weighted by Gasteiger charge is 2.54. The van der Waals surface area contributed by atoms with Crippen LogP contribution in [0.4, 0.5) is 0 Å². The normalized spacial score (nSPS) is 34.5. The highest BCUT2D eigenvalue weighted by atomic mass is 79.9. The van der Waals surface area contributed by atoms with Crippen LogP contribution < -0.4 is 0 Å². The fraction of sp³-hybridized carbons (Fsp3) is 0.412. The van der Waals surface area contributed by atoms with Crippen molar-refractivity contribution in [2.24, 2.45) is 11.3 Å². The van der Waals surface area contributed by atoms with Gasteiger partial charge in [0.05, 0.1) is 17.4 Å². The van der Waals surface area contributed by atoms with E-state index in [0.29, 0.717) is 19.3 Å². The lowest BCUT2D eigenvalue weighted by Gasteiger charge is -2.33. The number of carbonyl (C=O) groups excluding carboxylic acids is 2. The van der Waals surface area contributed by atoms with Crippen molar-refractivity contribution in [2.45, 2.75) is 24.1 Å². The highest BCUT2D eigenvalue weighted by molar-refractivity contribution is 9.11. The molecular formula is C17H15Br2NO4. The number of carbonyl (C=O) groups is 2. The van der Waals surface area contributed by atoms with Gasteiger partial charge in [-0.2, -0.15) is 0 Å². The Bertz CT molecular complexity index is 767. The second-order valence-electron chi connectivity index (χ2n) is 6.35. The summed E-state index contributed by atoms with van der Waals surface area (Å²) < 4.78 is 6.88. The third-order valence-electron chi connectivity index (χ3n) is 5.00. The maximum atomic E-state index is 12.4. The quantitative estimate of drug-likeness (QED) is 0.361. The Morgan fingerprint density at radius 2 is 2.25 bits per heavy atom. The summed E-state index contributed by atoms with van der Waals surface area (Å²) in [6.07, 6.45) is 8.06. The van der Waals surface area contributed by atoms with Crippen molar-refractivity contribution in [3.05, 3.63) is 45.6 Å². The Kier molecular flexibility index (Phi) is 3.85. The van der Waals surface area contributed by atoms with Gasteiger partial charge in [0, 0.05) is 30.5 Å². The van der Waals surface area contributed by atoms with Gasteiger partial charge in [-0.15, -0.1) is 0 Å². The van der Waals surface area contributed by atoms with Crippen LogP contribution in [0.5, 0.6) is 0 Å². The topological polar surface area (TPSA) is 55.8 Å². The maximum Gasteiger partial charge on any atom is 0.152 e. The molecule has 0 saturated heterocycles. The zero-order chi connectivity index (χ0) is 17.1. The minimum absolute atomic E-state index is 0.111. The van der Waals surface area contributed by atoms with Crippen LogP contribution in [0.25, 0.3) is 0 Å².